The van der Waals surface area contributed by atoms with E-state index in [4.69, 9.17) is 5.26 Å². The van der Waals surface area contributed by atoms with Crippen LogP contribution in [0.15, 0.2) is 24.3 Å². The Bertz CT molecular complexity index is 433. The van der Waals surface area contributed by atoms with Crippen molar-refractivity contribution in [2.75, 3.05) is 6.54 Å². The van der Waals surface area contributed by atoms with Gasteiger partial charge in [0.05, 0.1) is 11.6 Å². The highest BCUT2D eigenvalue weighted by atomic mass is 14.9. The van der Waals surface area contributed by atoms with Crippen LogP contribution in [-0.2, 0) is 0 Å². The Morgan fingerprint density at radius 3 is 2.89 bits per heavy atom. The monoisotopic (exact) mass is 242 g/mol. The molecule has 0 heterocycles. The van der Waals surface area contributed by atoms with Crippen LogP contribution in [0.5, 0.6) is 0 Å². The molecule has 1 aliphatic carbocycles. The molecule has 18 heavy (non-hydrogen) atoms. The highest BCUT2D eigenvalue weighted by Crippen LogP contribution is 2.44. The van der Waals surface area contributed by atoms with Gasteiger partial charge in [0.2, 0.25) is 0 Å². The predicted octanol–water partition coefficient (Wildman–Crippen LogP) is 3.44. The standard InChI is InChI=1S/C16H22N2/c1-3-8-18-16-10-15(14(16)4-2)13-7-5-6-12(9-13)11-17/h5-7,9,14-16,18H,3-4,8,10H2,1-2H3. The quantitative estimate of drug-likeness (QED) is 0.858. The van der Waals surface area contributed by atoms with Gasteiger partial charge in [-0.15, -0.1) is 0 Å². The lowest BCUT2D eigenvalue weighted by atomic mass is 9.65. The van der Waals surface area contributed by atoms with Crippen molar-refractivity contribution in [2.45, 2.75) is 45.1 Å². The molecule has 0 aromatic heterocycles. The normalized spacial score (nSPS) is 26.4. The second kappa shape index (κ2) is 6.02. The summed E-state index contributed by atoms with van der Waals surface area (Å²) in [7, 11) is 0. The molecule has 0 spiro atoms. The number of nitrogens with one attached hydrogen (secondary N) is 1. The Labute approximate surface area is 110 Å². The van der Waals surface area contributed by atoms with Crippen LogP contribution in [0, 0.1) is 17.2 Å². The fraction of sp³-hybridized carbons (Fsp3) is 0.562. The zero-order valence-electron chi connectivity index (χ0n) is 11.3. The van der Waals surface area contributed by atoms with Crippen LogP contribution in [0.2, 0.25) is 0 Å². The third kappa shape index (κ3) is 2.57. The van der Waals surface area contributed by atoms with E-state index in [1.807, 2.05) is 12.1 Å². The van der Waals surface area contributed by atoms with Gasteiger partial charge in [-0.25, -0.2) is 0 Å². The summed E-state index contributed by atoms with van der Waals surface area (Å²) in [4.78, 5) is 0. The number of benzene rings is 1. The Balaban J connectivity index is 2.04. The van der Waals surface area contributed by atoms with E-state index in [0.717, 1.165) is 18.0 Å². The average molecular weight is 242 g/mol. The molecule has 1 fully saturated rings. The van der Waals surface area contributed by atoms with E-state index < -0.39 is 0 Å². The predicted molar refractivity (Wildman–Crippen MR) is 74.4 cm³/mol. The average Bonchev–Trinajstić information content (AvgIpc) is 2.38. The fourth-order valence-corrected chi connectivity index (χ4v) is 3.06. The minimum absolute atomic E-state index is 0.637. The van der Waals surface area contributed by atoms with Gasteiger partial charge in [0, 0.05) is 6.04 Å². The summed E-state index contributed by atoms with van der Waals surface area (Å²) < 4.78 is 0. The molecule has 2 heteroatoms. The number of hydrogen-bond acceptors (Lipinski definition) is 2. The van der Waals surface area contributed by atoms with E-state index in [9.17, 15) is 0 Å². The molecule has 3 unspecified atom stereocenters. The van der Waals surface area contributed by atoms with Crippen molar-refractivity contribution in [1.82, 2.24) is 5.32 Å². The first kappa shape index (κ1) is 13.1. The Morgan fingerprint density at radius 1 is 1.39 bits per heavy atom. The zero-order chi connectivity index (χ0) is 13.0. The number of nitriles is 1. The molecule has 1 saturated carbocycles. The number of rotatable bonds is 5. The molecule has 2 rings (SSSR count). The van der Waals surface area contributed by atoms with Crippen LogP contribution in [0.3, 0.4) is 0 Å². The molecular formula is C16H22N2. The molecule has 0 saturated heterocycles. The molecule has 0 amide bonds. The van der Waals surface area contributed by atoms with Crippen molar-refractivity contribution in [2.24, 2.45) is 5.92 Å². The molecule has 3 atom stereocenters. The summed E-state index contributed by atoms with van der Waals surface area (Å²) in [5, 5.41) is 12.6. The van der Waals surface area contributed by atoms with Gasteiger partial charge in [0.1, 0.15) is 0 Å². The smallest absolute Gasteiger partial charge is 0.0991 e. The maximum absolute atomic E-state index is 8.96. The third-order valence-corrected chi connectivity index (χ3v) is 4.11. The first-order chi connectivity index (χ1) is 8.80. The van der Waals surface area contributed by atoms with Crippen molar-refractivity contribution >= 4 is 0 Å². The molecule has 1 N–H and O–H groups in total. The maximum atomic E-state index is 8.96. The molecule has 1 aliphatic rings. The van der Waals surface area contributed by atoms with Crippen molar-refractivity contribution < 1.29 is 0 Å². The highest BCUT2D eigenvalue weighted by Gasteiger charge is 2.39. The molecule has 1 aromatic rings. The number of hydrogen-bond donors (Lipinski definition) is 1. The third-order valence-electron chi connectivity index (χ3n) is 4.11. The van der Waals surface area contributed by atoms with Gasteiger partial charge in [-0.3, -0.25) is 0 Å². The van der Waals surface area contributed by atoms with Crippen LogP contribution in [-0.4, -0.2) is 12.6 Å². The van der Waals surface area contributed by atoms with E-state index in [2.05, 4.69) is 37.4 Å². The van der Waals surface area contributed by atoms with Crippen LogP contribution in [0.4, 0.5) is 0 Å². The summed E-state index contributed by atoms with van der Waals surface area (Å²) in [6.45, 7) is 5.60. The topological polar surface area (TPSA) is 35.8 Å². The van der Waals surface area contributed by atoms with Gasteiger partial charge in [-0.2, -0.15) is 5.26 Å². The lowest BCUT2D eigenvalue weighted by molar-refractivity contribution is 0.161. The van der Waals surface area contributed by atoms with E-state index in [1.54, 1.807) is 0 Å². The van der Waals surface area contributed by atoms with Crippen molar-refractivity contribution in [3.05, 3.63) is 35.4 Å². The Kier molecular flexibility index (Phi) is 4.38. The van der Waals surface area contributed by atoms with Gasteiger partial charge in [-0.05, 0) is 48.9 Å². The van der Waals surface area contributed by atoms with E-state index in [-0.39, 0.29) is 0 Å². The second-order valence-electron chi connectivity index (χ2n) is 5.21. The fourth-order valence-electron chi connectivity index (χ4n) is 3.06. The molecule has 0 bridgehead atoms. The summed E-state index contributed by atoms with van der Waals surface area (Å²) in [6.07, 6.45) is 3.62. The van der Waals surface area contributed by atoms with Crippen LogP contribution < -0.4 is 5.32 Å². The SMILES string of the molecule is CCCNC1CC(c2cccc(C#N)c2)C1CC. The summed E-state index contributed by atoms with van der Waals surface area (Å²) in [5.74, 6) is 1.36. The zero-order valence-corrected chi connectivity index (χ0v) is 11.3. The van der Waals surface area contributed by atoms with Gasteiger partial charge in [-0.1, -0.05) is 32.4 Å². The first-order valence-electron chi connectivity index (χ1n) is 7.03. The van der Waals surface area contributed by atoms with Gasteiger partial charge >= 0.3 is 0 Å². The molecular weight excluding hydrogens is 220 g/mol. The Morgan fingerprint density at radius 2 is 2.22 bits per heavy atom. The van der Waals surface area contributed by atoms with Gasteiger partial charge in [0.15, 0.2) is 0 Å². The second-order valence-corrected chi connectivity index (χ2v) is 5.21. The van der Waals surface area contributed by atoms with Crippen molar-refractivity contribution in [1.29, 1.82) is 5.26 Å². The summed E-state index contributed by atoms with van der Waals surface area (Å²) >= 11 is 0. The van der Waals surface area contributed by atoms with Crippen LogP contribution in [0.1, 0.15) is 50.2 Å². The Hall–Kier alpha value is -1.33. The number of nitrogens with zero attached hydrogens (tertiary/aromatic N) is 1. The molecule has 2 nitrogen and oxygen atoms in total. The highest BCUT2D eigenvalue weighted by molar-refractivity contribution is 5.36. The van der Waals surface area contributed by atoms with Gasteiger partial charge < -0.3 is 5.32 Å². The summed E-state index contributed by atoms with van der Waals surface area (Å²) in [6, 6.07) is 11.0. The minimum atomic E-state index is 0.637. The van der Waals surface area contributed by atoms with Crippen molar-refractivity contribution in [3.63, 3.8) is 0 Å². The first-order valence-corrected chi connectivity index (χ1v) is 7.03. The van der Waals surface area contributed by atoms with E-state index >= 15 is 0 Å². The summed E-state index contributed by atoms with van der Waals surface area (Å²) in [5.41, 5.74) is 2.13. The maximum Gasteiger partial charge on any atom is 0.0991 e. The largest absolute Gasteiger partial charge is 0.314 e. The van der Waals surface area contributed by atoms with Crippen molar-refractivity contribution in [3.8, 4) is 6.07 Å². The molecule has 0 aliphatic heterocycles. The van der Waals surface area contributed by atoms with Crippen LogP contribution in [0.25, 0.3) is 0 Å². The van der Waals surface area contributed by atoms with Gasteiger partial charge in [0.25, 0.3) is 0 Å². The lowest BCUT2D eigenvalue weighted by Crippen LogP contribution is -2.49. The van der Waals surface area contributed by atoms with E-state index in [0.29, 0.717) is 12.0 Å². The molecule has 96 valence electrons. The minimum Gasteiger partial charge on any atom is -0.314 e. The van der Waals surface area contributed by atoms with Crippen LogP contribution >= 0.6 is 0 Å². The van der Waals surface area contributed by atoms with E-state index in [1.165, 1.54) is 24.8 Å². The lowest BCUT2D eigenvalue weighted by Gasteiger charge is -2.45. The molecule has 0 radical (unpaired) electrons. The molecule has 1 aromatic carbocycles.